The Balaban J connectivity index is 1.89. The predicted molar refractivity (Wildman–Crippen MR) is 72.2 cm³/mol. The molecule has 1 aliphatic heterocycles. The van der Waals surface area contributed by atoms with E-state index in [1.807, 2.05) is 0 Å². The minimum atomic E-state index is -0.323. The van der Waals surface area contributed by atoms with Crippen molar-refractivity contribution in [2.45, 2.75) is 6.42 Å². The van der Waals surface area contributed by atoms with Crippen LogP contribution in [0.2, 0.25) is 0 Å². The summed E-state index contributed by atoms with van der Waals surface area (Å²) in [7, 11) is 0. The van der Waals surface area contributed by atoms with E-state index in [9.17, 15) is 9.18 Å². The van der Waals surface area contributed by atoms with Gasteiger partial charge in [0.05, 0.1) is 0 Å². The molecule has 0 aliphatic carbocycles. The predicted octanol–water partition coefficient (Wildman–Crippen LogP) is 1.61. The third-order valence-corrected chi connectivity index (χ3v) is 3.32. The summed E-state index contributed by atoms with van der Waals surface area (Å²) in [6, 6.07) is 5.69. The lowest BCUT2D eigenvalue weighted by atomic mass is 10.1. The molecule has 0 radical (unpaired) electrons. The first-order valence-electron chi connectivity index (χ1n) is 6.41. The molecule has 1 amide bonds. The quantitative estimate of drug-likeness (QED) is 0.771. The Hall–Kier alpha value is -1.86. The van der Waals surface area contributed by atoms with Crippen LogP contribution in [-0.2, 0) is 0 Å². The van der Waals surface area contributed by atoms with Gasteiger partial charge in [0.2, 0.25) is 0 Å². The van der Waals surface area contributed by atoms with E-state index in [1.54, 1.807) is 4.90 Å². The highest BCUT2D eigenvalue weighted by Gasteiger charge is 2.21. The van der Waals surface area contributed by atoms with Crippen molar-refractivity contribution in [3.05, 3.63) is 35.6 Å². The van der Waals surface area contributed by atoms with Crippen molar-refractivity contribution in [2.24, 2.45) is 0 Å². The standard InChI is InChI=1S/C15H17FN2O/c1-2-3-8-17-9-11-18(12-10-17)15(19)13-4-6-14(16)7-5-13/h1,4-7H,3,8-12H2. The molecule has 1 aromatic carbocycles. The van der Waals surface area contributed by atoms with E-state index >= 15 is 0 Å². The van der Waals surface area contributed by atoms with Crippen LogP contribution in [0.1, 0.15) is 16.8 Å². The Bertz CT molecular complexity index is 470. The van der Waals surface area contributed by atoms with E-state index in [4.69, 9.17) is 6.42 Å². The van der Waals surface area contributed by atoms with Gasteiger partial charge in [0.1, 0.15) is 5.82 Å². The summed E-state index contributed by atoms with van der Waals surface area (Å²) in [5.41, 5.74) is 0.540. The number of hydrogen-bond acceptors (Lipinski definition) is 2. The molecule has 0 bridgehead atoms. The van der Waals surface area contributed by atoms with Gasteiger partial charge in [0, 0.05) is 44.7 Å². The fraction of sp³-hybridized carbons (Fsp3) is 0.400. The lowest BCUT2D eigenvalue weighted by Gasteiger charge is -2.34. The van der Waals surface area contributed by atoms with Gasteiger partial charge in [0.25, 0.3) is 5.91 Å². The molecular weight excluding hydrogens is 243 g/mol. The number of rotatable bonds is 3. The maximum absolute atomic E-state index is 12.8. The van der Waals surface area contributed by atoms with Crippen LogP contribution in [-0.4, -0.2) is 48.4 Å². The molecule has 0 spiro atoms. The Morgan fingerprint density at radius 3 is 2.42 bits per heavy atom. The number of halogens is 1. The number of terminal acetylenes is 1. The number of carbonyl (C=O) groups excluding carboxylic acids is 1. The number of hydrogen-bond donors (Lipinski definition) is 0. The zero-order chi connectivity index (χ0) is 13.7. The Labute approximate surface area is 113 Å². The summed E-state index contributed by atoms with van der Waals surface area (Å²) in [6.07, 6.45) is 5.98. The minimum absolute atomic E-state index is 0.0309. The molecule has 1 fully saturated rings. The van der Waals surface area contributed by atoms with Crippen LogP contribution in [0, 0.1) is 18.2 Å². The number of nitrogens with zero attached hydrogens (tertiary/aromatic N) is 2. The van der Waals surface area contributed by atoms with Crippen LogP contribution >= 0.6 is 0 Å². The van der Waals surface area contributed by atoms with Crippen molar-refractivity contribution in [3.8, 4) is 12.3 Å². The second-order valence-electron chi connectivity index (χ2n) is 4.59. The molecule has 0 atom stereocenters. The minimum Gasteiger partial charge on any atom is -0.336 e. The van der Waals surface area contributed by atoms with Crippen LogP contribution in [0.15, 0.2) is 24.3 Å². The summed E-state index contributed by atoms with van der Waals surface area (Å²) < 4.78 is 12.8. The highest BCUT2D eigenvalue weighted by atomic mass is 19.1. The van der Waals surface area contributed by atoms with E-state index in [1.165, 1.54) is 24.3 Å². The molecule has 1 aliphatic rings. The van der Waals surface area contributed by atoms with Crippen molar-refractivity contribution >= 4 is 5.91 Å². The van der Waals surface area contributed by atoms with E-state index in [2.05, 4.69) is 10.8 Å². The largest absolute Gasteiger partial charge is 0.336 e. The topological polar surface area (TPSA) is 23.6 Å². The summed E-state index contributed by atoms with van der Waals surface area (Å²) in [4.78, 5) is 16.2. The van der Waals surface area contributed by atoms with Gasteiger partial charge in [-0.1, -0.05) is 0 Å². The van der Waals surface area contributed by atoms with Crippen LogP contribution < -0.4 is 0 Å². The summed E-state index contributed by atoms with van der Waals surface area (Å²) in [5.74, 6) is 2.27. The van der Waals surface area contributed by atoms with Crippen LogP contribution in [0.5, 0.6) is 0 Å². The zero-order valence-electron chi connectivity index (χ0n) is 10.8. The fourth-order valence-electron chi connectivity index (χ4n) is 2.17. The molecule has 1 aromatic rings. The zero-order valence-corrected chi connectivity index (χ0v) is 10.8. The SMILES string of the molecule is C#CCCN1CCN(C(=O)c2ccc(F)cc2)CC1. The molecule has 0 aromatic heterocycles. The molecule has 4 heteroatoms. The number of carbonyl (C=O) groups is 1. The summed E-state index contributed by atoms with van der Waals surface area (Å²) in [5, 5.41) is 0. The molecule has 0 unspecified atom stereocenters. The highest BCUT2D eigenvalue weighted by molar-refractivity contribution is 5.94. The maximum atomic E-state index is 12.8. The van der Waals surface area contributed by atoms with Crippen molar-refractivity contribution in [2.75, 3.05) is 32.7 Å². The molecule has 2 rings (SSSR count). The van der Waals surface area contributed by atoms with Gasteiger partial charge >= 0.3 is 0 Å². The average molecular weight is 260 g/mol. The Kier molecular flexibility index (Phi) is 4.53. The number of piperazine rings is 1. The van der Waals surface area contributed by atoms with Gasteiger partial charge in [-0.25, -0.2) is 4.39 Å². The number of benzene rings is 1. The van der Waals surface area contributed by atoms with Crippen molar-refractivity contribution < 1.29 is 9.18 Å². The first kappa shape index (κ1) is 13.6. The van der Waals surface area contributed by atoms with Gasteiger partial charge in [0.15, 0.2) is 0 Å². The molecule has 1 saturated heterocycles. The van der Waals surface area contributed by atoms with Crippen molar-refractivity contribution in [1.82, 2.24) is 9.80 Å². The molecule has 3 nitrogen and oxygen atoms in total. The Morgan fingerprint density at radius 2 is 1.84 bits per heavy atom. The number of amides is 1. The first-order valence-corrected chi connectivity index (χ1v) is 6.41. The summed E-state index contributed by atoms with van der Waals surface area (Å²) in [6.45, 7) is 3.96. The van der Waals surface area contributed by atoms with E-state index < -0.39 is 0 Å². The van der Waals surface area contributed by atoms with Crippen LogP contribution in [0.4, 0.5) is 4.39 Å². The molecule has 19 heavy (non-hydrogen) atoms. The van der Waals surface area contributed by atoms with E-state index in [0.29, 0.717) is 18.7 Å². The van der Waals surface area contributed by atoms with Gasteiger partial charge in [-0.2, -0.15) is 0 Å². The molecular formula is C15H17FN2O. The normalized spacial score (nSPS) is 16.1. The molecule has 1 heterocycles. The lowest BCUT2D eigenvalue weighted by molar-refractivity contribution is 0.0640. The first-order chi connectivity index (χ1) is 9.20. The van der Waals surface area contributed by atoms with Crippen LogP contribution in [0.3, 0.4) is 0 Å². The maximum Gasteiger partial charge on any atom is 0.253 e. The van der Waals surface area contributed by atoms with Crippen molar-refractivity contribution in [3.63, 3.8) is 0 Å². The molecule has 0 saturated carbocycles. The van der Waals surface area contributed by atoms with Gasteiger partial charge in [-0.15, -0.1) is 12.3 Å². The third-order valence-electron chi connectivity index (χ3n) is 3.32. The summed E-state index contributed by atoms with van der Waals surface area (Å²) >= 11 is 0. The second kappa shape index (κ2) is 6.35. The highest BCUT2D eigenvalue weighted by Crippen LogP contribution is 2.10. The molecule has 100 valence electrons. The lowest BCUT2D eigenvalue weighted by Crippen LogP contribution is -2.48. The van der Waals surface area contributed by atoms with Gasteiger partial charge in [-0.05, 0) is 24.3 Å². The smallest absolute Gasteiger partial charge is 0.253 e. The van der Waals surface area contributed by atoms with E-state index in [0.717, 1.165) is 26.1 Å². The molecule has 0 N–H and O–H groups in total. The fourth-order valence-corrected chi connectivity index (χ4v) is 2.17. The van der Waals surface area contributed by atoms with Crippen molar-refractivity contribution in [1.29, 1.82) is 0 Å². The van der Waals surface area contributed by atoms with Crippen LogP contribution in [0.25, 0.3) is 0 Å². The van der Waals surface area contributed by atoms with Gasteiger partial charge in [-0.3, -0.25) is 9.69 Å². The van der Waals surface area contributed by atoms with E-state index in [-0.39, 0.29) is 11.7 Å². The monoisotopic (exact) mass is 260 g/mol. The third kappa shape index (κ3) is 3.55. The Morgan fingerprint density at radius 1 is 1.21 bits per heavy atom. The second-order valence-corrected chi connectivity index (χ2v) is 4.59. The van der Waals surface area contributed by atoms with Gasteiger partial charge < -0.3 is 4.90 Å². The average Bonchev–Trinajstić information content (AvgIpc) is 2.46.